The maximum Gasteiger partial charge on any atom is 0.133 e. The van der Waals surface area contributed by atoms with Gasteiger partial charge in [-0.2, -0.15) is 0 Å². The van der Waals surface area contributed by atoms with E-state index in [9.17, 15) is 9.90 Å². The second kappa shape index (κ2) is 11.7. The van der Waals surface area contributed by atoms with Crippen LogP contribution >= 0.6 is 0 Å². The molecule has 0 aromatic carbocycles. The zero-order chi connectivity index (χ0) is 31.1. The van der Waals surface area contributed by atoms with Crippen molar-refractivity contribution in [2.75, 3.05) is 0 Å². The molecular formula is C42H70O2. The van der Waals surface area contributed by atoms with Gasteiger partial charge < -0.3 is 5.11 Å². The maximum atomic E-state index is 12.2. The van der Waals surface area contributed by atoms with Gasteiger partial charge in [-0.25, -0.2) is 0 Å². The predicted octanol–water partition coefficient (Wildman–Crippen LogP) is 11.0. The molecule has 0 amide bonds. The summed E-state index contributed by atoms with van der Waals surface area (Å²) in [7, 11) is 0. The van der Waals surface area contributed by atoms with Crippen LogP contribution in [-0.2, 0) is 4.79 Å². The van der Waals surface area contributed by atoms with Gasteiger partial charge in [0.2, 0.25) is 0 Å². The fourth-order valence-corrected chi connectivity index (χ4v) is 16.0. The Bertz CT molecular complexity index is 1070. The van der Waals surface area contributed by atoms with Crippen molar-refractivity contribution in [2.24, 2.45) is 80.8 Å². The van der Waals surface area contributed by atoms with Crippen LogP contribution in [0.15, 0.2) is 0 Å². The molecule has 15 atom stereocenters. The number of ketones is 1. The molecule has 0 bridgehead atoms. The number of carbonyl (C=O) groups excluding carboxylic acids is 1. The fourth-order valence-electron chi connectivity index (χ4n) is 16.0. The molecule has 0 radical (unpaired) electrons. The molecule has 44 heavy (non-hydrogen) atoms. The summed E-state index contributed by atoms with van der Waals surface area (Å²) in [6, 6.07) is 0. The zero-order valence-electron chi connectivity index (χ0n) is 29.8. The van der Waals surface area contributed by atoms with Gasteiger partial charge in [-0.3, -0.25) is 4.79 Å². The molecule has 1 unspecified atom stereocenters. The first-order valence-electron chi connectivity index (χ1n) is 20.1. The number of carbonyl (C=O) groups is 1. The Morgan fingerprint density at radius 1 is 0.591 bits per heavy atom. The van der Waals surface area contributed by atoms with Crippen molar-refractivity contribution in [3.05, 3.63) is 0 Å². The minimum Gasteiger partial charge on any atom is -0.393 e. The lowest BCUT2D eigenvalue weighted by Crippen LogP contribution is -2.54. The van der Waals surface area contributed by atoms with Gasteiger partial charge >= 0.3 is 0 Å². The average Bonchev–Trinajstić information content (AvgIpc) is 3.54. The van der Waals surface area contributed by atoms with Crippen LogP contribution in [0.5, 0.6) is 0 Å². The Hall–Kier alpha value is -0.370. The van der Waals surface area contributed by atoms with Crippen LogP contribution in [-0.4, -0.2) is 17.0 Å². The van der Waals surface area contributed by atoms with Crippen molar-refractivity contribution < 1.29 is 9.90 Å². The van der Waals surface area contributed by atoms with Gasteiger partial charge in [-0.15, -0.1) is 0 Å². The highest BCUT2D eigenvalue weighted by atomic mass is 16.3. The normalized spacial score (nSPS) is 56.0. The van der Waals surface area contributed by atoms with E-state index in [1.54, 1.807) is 51.4 Å². The zero-order valence-corrected chi connectivity index (χ0v) is 29.8. The fraction of sp³-hybridized carbons (Fsp3) is 0.976. The highest BCUT2D eigenvalue weighted by molar-refractivity contribution is 5.79. The summed E-state index contributed by atoms with van der Waals surface area (Å²) in [4.78, 5) is 12.2. The monoisotopic (exact) mass is 607 g/mol. The summed E-state index contributed by atoms with van der Waals surface area (Å²) in [6.45, 7) is 14.6. The van der Waals surface area contributed by atoms with E-state index in [0.29, 0.717) is 22.5 Å². The third kappa shape index (κ3) is 4.80. The third-order valence-electron chi connectivity index (χ3n) is 18.4. The molecule has 0 aliphatic heterocycles. The Kier molecular flexibility index (Phi) is 8.52. The first kappa shape index (κ1) is 32.2. The molecule has 0 spiro atoms. The van der Waals surface area contributed by atoms with E-state index >= 15 is 0 Å². The van der Waals surface area contributed by atoms with Crippen LogP contribution in [0, 0.1) is 80.8 Å². The van der Waals surface area contributed by atoms with Gasteiger partial charge in [0.25, 0.3) is 0 Å². The SMILES string of the molecule is CC(=O)[C@H]1CC[C@H]2[C@@H]3CC[C@H]4C[C@H](O)CC[C@]4(C)[C@H]3CC[C@]12C.CC[C@H]1CC[C@H]2[C@@H]3CCC4CCCC[C@]4(C)[C@H]3CC[C@]12C. The van der Waals surface area contributed by atoms with Crippen molar-refractivity contribution in [2.45, 2.75) is 176 Å². The van der Waals surface area contributed by atoms with Crippen molar-refractivity contribution in [3.63, 3.8) is 0 Å². The third-order valence-corrected chi connectivity index (χ3v) is 18.4. The Morgan fingerprint density at radius 2 is 1.16 bits per heavy atom. The predicted molar refractivity (Wildman–Crippen MR) is 182 cm³/mol. The molecule has 0 aromatic heterocycles. The number of aliphatic hydroxyl groups excluding tert-OH is 1. The van der Waals surface area contributed by atoms with Gasteiger partial charge in [-0.1, -0.05) is 53.9 Å². The minimum absolute atomic E-state index is 0.0490. The molecule has 8 fully saturated rings. The van der Waals surface area contributed by atoms with Crippen molar-refractivity contribution in [3.8, 4) is 0 Å². The molecule has 8 aliphatic rings. The number of fused-ring (bicyclic) bond motifs is 10. The number of aliphatic hydroxyl groups is 1. The molecule has 0 saturated heterocycles. The highest BCUT2D eigenvalue weighted by Crippen LogP contribution is 2.69. The van der Waals surface area contributed by atoms with Crippen molar-refractivity contribution >= 4 is 5.78 Å². The minimum atomic E-state index is -0.0490. The standard InChI is InChI=1S/C21H34O2.C21H36/c1-13(22)17-6-7-18-16-5-4-14-12-15(23)8-10-20(14,2)19(16)9-11-21(17,18)3;1-4-15-9-11-18-17-10-8-16-7-5-6-13-20(16,2)19(17)12-14-21(15,18)3/h14-19,23H,4-12H2,1-3H3;15-19H,4-14H2,1-3H3/t14-,15+,16-,17+,18-,19-,20-,21+;15-,16?,17-,18-,19-,20-,21+/m00/s1. The van der Waals surface area contributed by atoms with Gasteiger partial charge in [0.05, 0.1) is 6.10 Å². The van der Waals surface area contributed by atoms with E-state index in [4.69, 9.17) is 0 Å². The highest BCUT2D eigenvalue weighted by Gasteiger charge is 2.61. The summed E-state index contributed by atoms with van der Waals surface area (Å²) in [6.07, 6.45) is 27.9. The molecule has 0 aromatic rings. The molecule has 2 heteroatoms. The van der Waals surface area contributed by atoms with Gasteiger partial charge in [-0.05, 0) is 191 Å². The molecular weight excluding hydrogens is 536 g/mol. The summed E-state index contributed by atoms with van der Waals surface area (Å²) < 4.78 is 0. The average molecular weight is 607 g/mol. The lowest BCUT2D eigenvalue weighted by Gasteiger charge is -2.60. The molecule has 1 N–H and O–H groups in total. The van der Waals surface area contributed by atoms with Crippen LogP contribution in [0.1, 0.15) is 170 Å². The first-order chi connectivity index (χ1) is 21.0. The van der Waals surface area contributed by atoms with Crippen molar-refractivity contribution in [1.29, 1.82) is 0 Å². The largest absolute Gasteiger partial charge is 0.393 e. The van der Waals surface area contributed by atoms with Crippen LogP contribution in [0.3, 0.4) is 0 Å². The van der Waals surface area contributed by atoms with Crippen LogP contribution in [0.25, 0.3) is 0 Å². The Morgan fingerprint density at radius 3 is 1.84 bits per heavy atom. The van der Waals surface area contributed by atoms with Crippen LogP contribution in [0.4, 0.5) is 0 Å². The maximum absolute atomic E-state index is 12.2. The lowest BCUT2D eigenvalue weighted by molar-refractivity contribution is -0.138. The van der Waals surface area contributed by atoms with Crippen LogP contribution < -0.4 is 0 Å². The van der Waals surface area contributed by atoms with Gasteiger partial charge in [0.15, 0.2) is 0 Å². The smallest absolute Gasteiger partial charge is 0.133 e. The summed E-state index contributed by atoms with van der Waals surface area (Å²) in [5.41, 5.74) is 2.18. The van der Waals surface area contributed by atoms with E-state index < -0.39 is 0 Å². The van der Waals surface area contributed by atoms with E-state index in [1.165, 1.54) is 57.8 Å². The molecule has 8 aliphatic carbocycles. The quantitative estimate of drug-likeness (QED) is 0.339. The van der Waals surface area contributed by atoms with E-state index in [-0.39, 0.29) is 11.5 Å². The number of rotatable bonds is 2. The van der Waals surface area contributed by atoms with E-state index in [2.05, 4.69) is 34.6 Å². The van der Waals surface area contributed by atoms with Crippen molar-refractivity contribution in [1.82, 2.24) is 0 Å². The summed E-state index contributed by atoms with van der Waals surface area (Å²) in [5, 5.41) is 10.1. The first-order valence-corrected chi connectivity index (χ1v) is 20.1. The molecule has 250 valence electrons. The number of hydrogen-bond donors (Lipinski definition) is 1. The molecule has 0 heterocycles. The molecule has 2 nitrogen and oxygen atoms in total. The number of Topliss-reactive ketones (excluding diaryl/α,β-unsaturated/α-hetero) is 1. The van der Waals surface area contributed by atoms with Crippen LogP contribution in [0.2, 0.25) is 0 Å². The Labute approximate surface area is 272 Å². The molecule has 8 rings (SSSR count). The van der Waals surface area contributed by atoms with E-state index in [1.807, 2.05) is 6.92 Å². The topological polar surface area (TPSA) is 37.3 Å². The summed E-state index contributed by atoms with van der Waals surface area (Å²) >= 11 is 0. The Balaban J connectivity index is 0.000000143. The second-order valence-electron chi connectivity index (χ2n) is 19.5. The summed E-state index contributed by atoms with van der Waals surface area (Å²) in [5.74, 6) is 9.36. The van der Waals surface area contributed by atoms with Gasteiger partial charge in [0, 0.05) is 5.92 Å². The van der Waals surface area contributed by atoms with E-state index in [0.717, 1.165) is 77.9 Å². The lowest BCUT2D eigenvalue weighted by atomic mass is 9.44. The second-order valence-corrected chi connectivity index (χ2v) is 19.5. The van der Waals surface area contributed by atoms with Gasteiger partial charge in [0.1, 0.15) is 5.78 Å². The molecule has 8 saturated carbocycles. The number of hydrogen-bond acceptors (Lipinski definition) is 2.